The summed E-state index contributed by atoms with van der Waals surface area (Å²) in [7, 11) is 0. The maximum absolute atomic E-state index is 13.4. The topological polar surface area (TPSA) is 69.3 Å². The highest BCUT2D eigenvalue weighted by molar-refractivity contribution is 5.80. The molecule has 7 heteroatoms. The Morgan fingerprint density at radius 3 is 2.42 bits per heavy atom. The lowest BCUT2D eigenvalue weighted by molar-refractivity contribution is -0.134. The smallest absolute Gasteiger partial charge is 0.288 e. The molecule has 24 heavy (non-hydrogen) atoms. The molecule has 6 nitrogen and oxygen atoms in total. The van der Waals surface area contributed by atoms with Crippen LogP contribution in [-0.4, -0.2) is 47.0 Å². The second-order valence-corrected chi connectivity index (χ2v) is 7.10. The fourth-order valence-corrected chi connectivity index (χ4v) is 4.13. The van der Waals surface area contributed by atoms with Crippen molar-refractivity contribution in [1.29, 1.82) is 0 Å². The third-order valence-corrected chi connectivity index (χ3v) is 5.47. The number of nitrogens with zero attached hydrogens (tertiary/aromatic N) is 3. The van der Waals surface area contributed by atoms with Gasteiger partial charge in [0.05, 0.1) is 5.69 Å². The molecule has 1 aromatic heterocycles. The highest BCUT2D eigenvalue weighted by Crippen LogP contribution is 2.34. The van der Waals surface area contributed by atoms with Crippen LogP contribution in [0.2, 0.25) is 0 Å². The predicted octanol–water partition coefficient (Wildman–Crippen LogP) is 1.08. The number of halogens is 1. The largest absolute Gasteiger partial charge is 0.342 e. The lowest BCUT2D eigenvalue weighted by Crippen LogP contribution is -2.37. The Hall–Kier alpha value is -2.18. The van der Waals surface area contributed by atoms with Crippen LogP contribution in [0.1, 0.15) is 18.5 Å². The van der Waals surface area contributed by atoms with Crippen molar-refractivity contribution in [2.45, 2.75) is 19.8 Å². The summed E-state index contributed by atoms with van der Waals surface area (Å²) in [5.74, 6) is 0.784. The van der Waals surface area contributed by atoms with Crippen LogP contribution in [-0.2, 0) is 4.79 Å². The number of amides is 1. The van der Waals surface area contributed by atoms with E-state index in [2.05, 4.69) is 22.1 Å². The van der Waals surface area contributed by atoms with Gasteiger partial charge in [0.25, 0.3) is 5.56 Å². The van der Waals surface area contributed by atoms with Gasteiger partial charge in [0, 0.05) is 43.9 Å². The van der Waals surface area contributed by atoms with Gasteiger partial charge in [0.15, 0.2) is 0 Å². The number of likely N-dealkylation sites (tertiary alicyclic amines) is 1. The van der Waals surface area contributed by atoms with Crippen LogP contribution in [0.15, 0.2) is 16.9 Å². The lowest BCUT2D eigenvalue weighted by atomic mass is 10.0. The van der Waals surface area contributed by atoms with Gasteiger partial charge in [-0.25, -0.2) is 4.98 Å². The van der Waals surface area contributed by atoms with Gasteiger partial charge in [0.1, 0.15) is 0 Å². The van der Waals surface area contributed by atoms with Crippen molar-refractivity contribution in [2.75, 3.05) is 31.1 Å². The van der Waals surface area contributed by atoms with E-state index in [1.165, 1.54) is 6.92 Å². The predicted molar refractivity (Wildman–Crippen MR) is 87.2 cm³/mol. The number of H-pyrrole nitrogens is 1. The van der Waals surface area contributed by atoms with Crippen LogP contribution in [0.5, 0.6) is 0 Å². The Bertz CT molecular complexity index is 737. The van der Waals surface area contributed by atoms with E-state index in [-0.39, 0.29) is 17.5 Å². The van der Waals surface area contributed by atoms with E-state index in [1.807, 2.05) is 9.80 Å². The summed E-state index contributed by atoms with van der Waals surface area (Å²) in [6, 6.07) is 0. The molecule has 128 valence electrons. The maximum atomic E-state index is 13.4. The summed E-state index contributed by atoms with van der Waals surface area (Å²) in [6.07, 6.45) is 5.88. The average molecular weight is 332 g/mol. The van der Waals surface area contributed by atoms with E-state index in [0.29, 0.717) is 17.8 Å². The maximum Gasteiger partial charge on any atom is 0.288 e. The molecule has 0 aromatic carbocycles. The molecule has 1 amide bonds. The van der Waals surface area contributed by atoms with Gasteiger partial charge in [-0.3, -0.25) is 14.6 Å². The number of rotatable bonds is 2. The van der Waals surface area contributed by atoms with Crippen LogP contribution >= 0.6 is 0 Å². The molecule has 2 unspecified atom stereocenters. The van der Waals surface area contributed by atoms with E-state index in [0.717, 1.165) is 39.0 Å². The molecular weight excluding hydrogens is 311 g/mol. The number of carbonyl (C=O) groups is 1. The van der Waals surface area contributed by atoms with Crippen molar-refractivity contribution in [1.82, 2.24) is 14.9 Å². The summed E-state index contributed by atoms with van der Waals surface area (Å²) in [5.41, 5.74) is -0.601. The quantitative estimate of drug-likeness (QED) is 0.823. The molecule has 2 aliphatic heterocycles. The second-order valence-electron chi connectivity index (χ2n) is 7.10. The van der Waals surface area contributed by atoms with Gasteiger partial charge in [-0.2, -0.15) is 4.39 Å². The molecule has 0 radical (unpaired) electrons. The summed E-state index contributed by atoms with van der Waals surface area (Å²) >= 11 is 0. The van der Waals surface area contributed by atoms with Crippen LogP contribution < -0.4 is 10.5 Å². The Kier molecular flexibility index (Phi) is 3.66. The summed E-state index contributed by atoms with van der Waals surface area (Å²) < 4.78 is 13.4. The fourth-order valence-electron chi connectivity index (χ4n) is 4.13. The molecule has 0 saturated carbocycles. The summed E-state index contributed by atoms with van der Waals surface area (Å²) in [4.78, 5) is 34.8. The second kappa shape index (κ2) is 5.72. The SMILES string of the molecule is Cc1nc(N2CC3CN(C(=O)C4CC=CC4)CC3C2)[nH]c(=O)c1F. The van der Waals surface area contributed by atoms with Gasteiger partial charge in [-0.15, -0.1) is 0 Å². The highest BCUT2D eigenvalue weighted by Gasteiger charge is 2.43. The first kappa shape index (κ1) is 15.4. The van der Waals surface area contributed by atoms with Crippen molar-refractivity contribution >= 4 is 11.9 Å². The zero-order valence-corrected chi connectivity index (χ0v) is 13.7. The van der Waals surface area contributed by atoms with E-state index < -0.39 is 11.4 Å². The number of aromatic nitrogens is 2. The molecule has 2 atom stereocenters. The minimum Gasteiger partial charge on any atom is -0.342 e. The van der Waals surface area contributed by atoms with E-state index >= 15 is 0 Å². The number of fused-ring (bicyclic) bond motifs is 1. The van der Waals surface area contributed by atoms with Crippen LogP contribution in [0.4, 0.5) is 10.3 Å². The Labute approximate surface area is 139 Å². The number of allylic oxidation sites excluding steroid dienone is 2. The standard InChI is InChI=1S/C17H21FN4O2/c1-10-14(18)15(23)20-17(19-10)22-8-12-6-21(7-13(12)9-22)16(24)11-4-2-3-5-11/h2-3,11-13H,4-9H2,1H3,(H,19,20,23). The zero-order valence-electron chi connectivity index (χ0n) is 13.7. The number of anilines is 1. The van der Waals surface area contributed by atoms with Gasteiger partial charge in [0.2, 0.25) is 17.7 Å². The molecule has 0 bridgehead atoms. The molecule has 2 fully saturated rings. The Morgan fingerprint density at radius 2 is 1.83 bits per heavy atom. The summed E-state index contributed by atoms with van der Waals surface area (Å²) in [6.45, 7) is 4.51. The van der Waals surface area contributed by atoms with Gasteiger partial charge in [-0.1, -0.05) is 12.2 Å². The normalized spacial score (nSPS) is 26.4. The van der Waals surface area contributed by atoms with Crippen molar-refractivity contribution in [3.05, 3.63) is 34.0 Å². The number of aromatic amines is 1. The lowest BCUT2D eigenvalue weighted by Gasteiger charge is -2.24. The number of nitrogens with one attached hydrogen (secondary N) is 1. The number of hydrogen-bond acceptors (Lipinski definition) is 4. The van der Waals surface area contributed by atoms with Crippen molar-refractivity contribution in [3.8, 4) is 0 Å². The molecule has 0 spiro atoms. The first-order chi connectivity index (χ1) is 11.5. The summed E-state index contributed by atoms with van der Waals surface area (Å²) in [5, 5.41) is 0. The third-order valence-electron chi connectivity index (χ3n) is 5.47. The van der Waals surface area contributed by atoms with Crippen molar-refractivity contribution in [3.63, 3.8) is 0 Å². The van der Waals surface area contributed by atoms with E-state index in [4.69, 9.17) is 0 Å². The molecule has 1 N–H and O–H groups in total. The monoisotopic (exact) mass is 332 g/mol. The molecule has 3 aliphatic rings. The van der Waals surface area contributed by atoms with E-state index in [9.17, 15) is 14.0 Å². The van der Waals surface area contributed by atoms with Crippen molar-refractivity contribution in [2.24, 2.45) is 17.8 Å². The number of aryl methyl sites for hydroxylation is 1. The Balaban J connectivity index is 1.43. The minimum atomic E-state index is -0.819. The minimum absolute atomic E-state index is 0.122. The molecule has 1 aliphatic carbocycles. The first-order valence-electron chi connectivity index (χ1n) is 8.48. The number of hydrogen-bond donors (Lipinski definition) is 1. The van der Waals surface area contributed by atoms with Crippen molar-refractivity contribution < 1.29 is 9.18 Å². The molecule has 4 rings (SSSR count). The first-order valence-corrected chi connectivity index (χ1v) is 8.48. The van der Waals surface area contributed by atoms with Crippen LogP contribution in [0.25, 0.3) is 0 Å². The van der Waals surface area contributed by atoms with Gasteiger partial charge < -0.3 is 9.80 Å². The van der Waals surface area contributed by atoms with E-state index in [1.54, 1.807) is 0 Å². The Morgan fingerprint density at radius 1 is 1.21 bits per heavy atom. The highest BCUT2D eigenvalue weighted by atomic mass is 19.1. The molecule has 1 aromatic rings. The number of carbonyl (C=O) groups excluding carboxylic acids is 1. The molecule has 2 saturated heterocycles. The van der Waals surface area contributed by atoms with Crippen LogP contribution in [0, 0.1) is 30.5 Å². The van der Waals surface area contributed by atoms with Crippen LogP contribution in [0.3, 0.4) is 0 Å². The van der Waals surface area contributed by atoms with Gasteiger partial charge in [-0.05, 0) is 19.8 Å². The average Bonchev–Trinajstić information content (AvgIpc) is 3.26. The van der Waals surface area contributed by atoms with Gasteiger partial charge >= 0.3 is 0 Å². The molecule has 3 heterocycles. The third kappa shape index (κ3) is 2.52. The fraction of sp³-hybridized carbons (Fsp3) is 0.588. The zero-order chi connectivity index (χ0) is 16.8. The molecular formula is C17H21FN4O2.